The van der Waals surface area contributed by atoms with Gasteiger partial charge < -0.3 is 4.98 Å². The maximum atomic E-state index is 12.1. The summed E-state index contributed by atoms with van der Waals surface area (Å²) in [5, 5.41) is 0. The van der Waals surface area contributed by atoms with Gasteiger partial charge in [-0.25, -0.2) is 4.39 Å². The van der Waals surface area contributed by atoms with Crippen LogP contribution in [-0.4, -0.2) is 4.98 Å². The number of nitrogens with one attached hydrogen (secondary N) is 1. The molecule has 1 nitrogen and oxygen atoms in total. The number of halogens is 3. The topological polar surface area (TPSA) is 15.8 Å². The Morgan fingerprint density at radius 1 is 1.30 bits per heavy atom. The molecule has 0 unspecified atom stereocenters. The SMILES string of the molecule is Fc1cc(=S)[nH]c(F)c1F. The Morgan fingerprint density at radius 3 is 2.40 bits per heavy atom. The van der Waals surface area contributed by atoms with E-state index in [2.05, 4.69) is 12.2 Å². The van der Waals surface area contributed by atoms with Crippen LogP contribution in [0.15, 0.2) is 6.07 Å². The highest BCUT2D eigenvalue weighted by molar-refractivity contribution is 7.71. The van der Waals surface area contributed by atoms with Crippen LogP contribution in [0.1, 0.15) is 0 Å². The molecule has 0 fully saturated rings. The maximum Gasteiger partial charge on any atom is 0.231 e. The summed E-state index contributed by atoms with van der Waals surface area (Å²) >= 11 is 4.34. The highest BCUT2D eigenvalue weighted by Gasteiger charge is 2.06. The summed E-state index contributed by atoms with van der Waals surface area (Å²) in [6, 6.07) is 0.702. The fourth-order valence-corrected chi connectivity index (χ4v) is 0.675. The second-order valence-electron chi connectivity index (χ2n) is 1.61. The van der Waals surface area contributed by atoms with Crippen molar-refractivity contribution in [2.24, 2.45) is 0 Å². The van der Waals surface area contributed by atoms with Crippen LogP contribution in [-0.2, 0) is 0 Å². The van der Waals surface area contributed by atoms with Crippen LogP contribution in [0.25, 0.3) is 0 Å². The first-order valence-electron chi connectivity index (χ1n) is 2.35. The third kappa shape index (κ3) is 1.18. The van der Waals surface area contributed by atoms with Crippen molar-refractivity contribution < 1.29 is 13.2 Å². The molecule has 1 N–H and O–H groups in total. The number of rotatable bonds is 0. The Balaban J connectivity index is 3.46. The fraction of sp³-hybridized carbons (Fsp3) is 0. The number of hydrogen-bond acceptors (Lipinski definition) is 1. The molecule has 1 heterocycles. The molecule has 1 aromatic rings. The number of aromatic nitrogens is 1. The van der Waals surface area contributed by atoms with Gasteiger partial charge in [-0.1, -0.05) is 12.2 Å². The number of pyridine rings is 1. The molecule has 0 atom stereocenters. The zero-order valence-corrected chi connectivity index (χ0v) is 5.44. The summed E-state index contributed by atoms with van der Waals surface area (Å²) in [4.78, 5) is 1.81. The average molecular weight is 165 g/mol. The molecular formula is C5H2F3NS. The average Bonchev–Trinajstić information content (AvgIpc) is 1.82. The van der Waals surface area contributed by atoms with Gasteiger partial charge in [0.2, 0.25) is 11.8 Å². The molecular weight excluding hydrogens is 163 g/mol. The van der Waals surface area contributed by atoms with Crippen LogP contribution in [0.5, 0.6) is 0 Å². The Labute approximate surface area is 59.5 Å². The molecule has 0 bridgehead atoms. The Kier molecular flexibility index (Phi) is 1.76. The van der Waals surface area contributed by atoms with E-state index in [4.69, 9.17) is 0 Å². The van der Waals surface area contributed by atoms with Crippen molar-refractivity contribution in [2.75, 3.05) is 0 Å². The third-order valence-electron chi connectivity index (χ3n) is 0.893. The number of hydrogen-bond donors (Lipinski definition) is 1. The van der Waals surface area contributed by atoms with Crippen molar-refractivity contribution in [2.45, 2.75) is 0 Å². The second-order valence-corrected chi connectivity index (χ2v) is 2.05. The van der Waals surface area contributed by atoms with Gasteiger partial charge in [0, 0.05) is 6.07 Å². The van der Waals surface area contributed by atoms with Gasteiger partial charge >= 0.3 is 0 Å². The number of aromatic amines is 1. The summed E-state index contributed by atoms with van der Waals surface area (Å²) in [5.74, 6) is -4.18. The Hall–Kier alpha value is -0.840. The molecule has 0 aliphatic carbocycles. The lowest BCUT2D eigenvalue weighted by Crippen LogP contribution is -1.93. The van der Waals surface area contributed by atoms with Gasteiger partial charge in [-0.05, 0) is 0 Å². The first kappa shape index (κ1) is 7.27. The lowest BCUT2D eigenvalue weighted by Gasteiger charge is -1.92. The zero-order chi connectivity index (χ0) is 7.72. The minimum Gasteiger partial charge on any atom is -0.320 e. The summed E-state index contributed by atoms with van der Waals surface area (Å²) in [6.07, 6.45) is 0. The molecule has 0 saturated carbocycles. The van der Waals surface area contributed by atoms with E-state index in [0.29, 0.717) is 6.07 Å². The molecule has 10 heavy (non-hydrogen) atoms. The molecule has 0 aliphatic heterocycles. The molecule has 0 radical (unpaired) electrons. The predicted molar refractivity (Wildman–Crippen MR) is 31.5 cm³/mol. The lowest BCUT2D eigenvalue weighted by molar-refractivity contribution is 0.425. The Bertz CT molecular complexity index is 280. The van der Waals surface area contributed by atoms with Crippen LogP contribution in [0.4, 0.5) is 13.2 Å². The molecule has 5 heteroatoms. The minimum atomic E-state index is -1.53. The second kappa shape index (κ2) is 2.42. The normalized spacial score (nSPS) is 9.90. The van der Waals surface area contributed by atoms with Crippen LogP contribution >= 0.6 is 12.2 Å². The summed E-state index contributed by atoms with van der Waals surface area (Å²) < 4.78 is 36.2. The van der Waals surface area contributed by atoms with Crippen molar-refractivity contribution in [1.82, 2.24) is 4.98 Å². The van der Waals surface area contributed by atoms with Gasteiger partial charge in [-0.2, -0.15) is 8.78 Å². The standard InChI is InChI=1S/C5H2F3NS/c6-2-1-3(10)9-5(8)4(2)7/h1H,(H,9,10). The van der Waals surface area contributed by atoms with Crippen molar-refractivity contribution >= 4 is 12.2 Å². The van der Waals surface area contributed by atoms with Crippen molar-refractivity contribution in [1.29, 1.82) is 0 Å². The highest BCUT2D eigenvalue weighted by atomic mass is 32.1. The van der Waals surface area contributed by atoms with Crippen LogP contribution in [0, 0.1) is 22.2 Å². The molecule has 0 amide bonds. The third-order valence-corrected chi connectivity index (χ3v) is 1.11. The molecule has 0 aromatic carbocycles. The quantitative estimate of drug-likeness (QED) is 0.460. The molecule has 54 valence electrons. The van der Waals surface area contributed by atoms with E-state index >= 15 is 0 Å². The van der Waals surface area contributed by atoms with Gasteiger partial charge in [0.25, 0.3) is 0 Å². The van der Waals surface area contributed by atoms with Crippen LogP contribution in [0.2, 0.25) is 0 Å². The van der Waals surface area contributed by atoms with Crippen LogP contribution in [0.3, 0.4) is 0 Å². The molecule has 1 rings (SSSR count). The van der Waals surface area contributed by atoms with Crippen molar-refractivity contribution in [3.8, 4) is 0 Å². The van der Waals surface area contributed by atoms with E-state index in [-0.39, 0.29) is 4.64 Å². The molecule has 0 aliphatic rings. The fourth-order valence-electron chi connectivity index (χ4n) is 0.482. The van der Waals surface area contributed by atoms with Gasteiger partial charge in [-0.15, -0.1) is 0 Å². The number of H-pyrrole nitrogens is 1. The zero-order valence-electron chi connectivity index (χ0n) is 4.62. The smallest absolute Gasteiger partial charge is 0.231 e. The summed E-state index contributed by atoms with van der Waals surface area (Å²) in [6.45, 7) is 0. The predicted octanol–water partition coefficient (Wildman–Crippen LogP) is 2.16. The Morgan fingerprint density at radius 2 is 1.90 bits per heavy atom. The van der Waals surface area contributed by atoms with E-state index in [1.54, 1.807) is 0 Å². The van der Waals surface area contributed by atoms with Gasteiger partial charge in [0.15, 0.2) is 5.82 Å². The van der Waals surface area contributed by atoms with Crippen molar-refractivity contribution in [3.63, 3.8) is 0 Å². The van der Waals surface area contributed by atoms with Gasteiger partial charge in [0.05, 0.1) is 0 Å². The molecule has 0 saturated heterocycles. The lowest BCUT2D eigenvalue weighted by atomic mass is 10.4. The summed E-state index contributed by atoms with van der Waals surface area (Å²) in [5.41, 5.74) is 0. The highest BCUT2D eigenvalue weighted by Crippen LogP contribution is 2.06. The van der Waals surface area contributed by atoms with Gasteiger partial charge in [-0.3, -0.25) is 0 Å². The van der Waals surface area contributed by atoms with Gasteiger partial charge in [0.1, 0.15) is 4.64 Å². The van der Waals surface area contributed by atoms with E-state index < -0.39 is 17.6 Å². The first-order valence-corrected chi connectivity index (χ1v) is 2.76. The monoisotopic (exact) mass is 165 g/mol. The van der Waals surface area contributed by atoms with E-state index in [0.717, 1.165) is 0 Å². The summed E-state index contributed by atoms with van der Waals surface area (Å²) in [7, 11) is 0. The van der Waals surface area contributed by atoms with E-state index in [9.17, 15) is 13.2 Å². The molecule has 1 aromatic heterocycles. The van der Waals surface area contributed by atoms with Crippen LogP contribution < -0.4 is 0 Å². The van der Waals surface area contributed by atoms with Crippen molar-refractivity contribution in [3.05, 3.63) is 28.3 Å². The first-order chi connectivity index (χ1) is 4.61. The van der Waals surface area contributed by atoms with E-state index in [1.807, 2.05) is 4.98 Å². The minimum absolute atomic E-state index is 0.170. The van der Waals surface area contributed by atoms with E-state index in [1.165, 1.54) is 0 Å². The largest absolute Gasteiger partial charge is 0.320 e. The maximum absolute atomic E-state index is 12.1. The molecule has 0 spiro atoms.